The smallest absolute Gasteiger partial charge is 0.343 e. The number of anilines is 1. The van der Waals surface area contributed by atoms with Crippen LogP contribution in [-0.4, -0.2) is 14.4 Å². The standard InChI is InChI=1S/C19H13F2NO4S/c20-16-11-14(22-27(24,25)15-9-5-2-6-10-15)12-17(21)18(16)26-19(23)13-7-3-1-4-8-13/h1-12,22H. The molecule has 0 saturated carbocycles. The van der Waals surface area contributed by atoms with Gasteiger partial charge in [-0.15, -0.1) is 0 Å². The molecule has 5 nitrogen and oxygen atoms in total. The second kappa shape index (κ2) is 7.55. The van der Waals surface area contributed by atoms with Gasteiger partial charge in [-0.25, -0.2) is 22.0 Å². The molecule has 0 atom stereocenters. The topological polar surface area (TPSA) is 72.5 Å². The minimum atomic E-state index is -4.02. The average Bonchev–Trinajstić information content (AvgIpc) is 2.65. The van der Waals surface area contributed by atoms with Crippen molar-refractivity contribution in [1.29, 1.82) is 0 Å². The third-order valence-electron chi connectivity index (χ3n) is 3.51. The molecule has 1 N–H and O–H groups in total. The molecule has 0 radical (unpaired) electrons. The molecule has 0 fully saturated rings. The fourth-order valence-corrected chi connectivity index (χ4v) is 3.32. The van der Waals surface area contributed by atoms with Crippen molar-refractivity contribution in [3.8, 4) is 5.75 Å². The van der Waals surface area contributed by atoms with Crippen molar-refractivity contribution in [2.24, 2.45) is 0 Å². The predicted molar refractivity (Wildman–Crippen MR) is 95.0 cm³/mol. The van der Waals surface area contributed by atoms with Gasteiger partial charge in [0.15, 0.2) is 11.6 Å². The summed E-state index contributed by atoms with van der Waals surface area (Å²) in [5, 5.41) is 0. The van der Waals surface area contributed by atoms with E-state index in [0.29, 0.717) is 0 Å². The minimum Gasteiger partial charge on any atom is -0.417 e. The quantitative estimate of drug-likeness (QED) is 0.529. The molecule has 3 rings (SSSR count). The second-order valence-electron chi connectivity index (χ2n) is 5.44. The summed E-state index contributed by atoms with van der Waals surface area (Å²) in [4.78, 5) is 11.9. The zero-order chi connectivity index (χ0) is 19.4. The third-order valence-corrected chi connectivity index (χ3v) is 4.91. The van der Waals surface area contributed by atoms with Crippen molar-refractivity contribution in [1.82, 2.24) is 0 Å². The monoisotopic (exact) mass is 389 g/mol. The highest BCUT2D eigenvalue weighted by Crippen LogP contribution is 2.28. The maximum Gasteiger partial charge on any atom is 0.343 e. The van der Waals surface area contributed by atoms with Gasteiger partial charge in [-0.3, -0.25) is 4.72 Å². The van der Waals surface area contributed by atoms with E-state index in [4.69, 9.17) is 4.74 Å². The number of esters is 1. The van der Waals surface area contributed by atoms with Crippen molar-refractivity contribution in [2.45, 2.75) is 4.90 Å². The molecule has 0 aromatic heterocycles. The summed E-state index contributed by atoms with van der Waals surface area (Å²) >= 11 is 0. The van der Waals surface area contributed by atoms with Crippen LogP contribution in [0.4, 0.5) is 14.5 Å². The highest BCUT2D eigenvalue weighted by atomic mass is 32.2. The Balaban J connectivity index is 1.84. The summed E-state index contributed by atoms with van der Waals surface area (Å²) in [5.74, 6) is -4.28. The Morgan fingerprint density at radius 1 is 0.852 bits per heavy atom. The molecule has 0 aliphatic rings. The van der Waals surface area contributed by atoms with E-state index in [1.165, 1.54) is 36.4 Å². The van der Waals surface area contributed by atoms with Crippen LogP contribution in [0.1, 0.15) is 10.4 Å². The molecule has 0 saturated heterocycles. The first-order chi connectivity index (χ1) is 12.9. The summed E-state index contributed by atoms with van der Waals surface area (Å²) in [7, 11) is -4.02. The maximum absolute atomic E-state index is 14.2. The molecule has 8 heteroatoms. The Bertz CT molecular complexity index is 1050. The Morgan fingerprint density at radius 2 is 1.37 bits per heavy atom. The summed E-state index contributed by atoms with van der Waals surface area (Å²) in [5.41, 5.74) is -0.224. The van der Waals surface area contributed by atoms with Crippen LogP contribution >= 0.6 is 0 Å². The van der Waals surface area contributed by atoms with Gasteiger partial charge in [-0.1, -0.05) is 36.4 Å². The van der Waals surface area contributed by atoms with Crippen molar-refractivity contribution < 1.29 is 26.7 Å². The van der Waals surface area contributed by atoms with E-state index >= 15 is 0 Å². The lowest BCUT2D eigenvalue weighted by Crippen LogP contribution is -2.14. The summed E-state index contributed by atoms with van der Waals surface area (Å²) in [6, 6.07) is 16.5. The summed E-state index contributed by atoms with van der Waals surface area (Å²) in [6.45, 7) is 0. The van der Waals surface area contributed by atoms with Crippen LogP contribution in [0.2, 0.25) is 0 Å². The van der Waals surface area contributed by atoms with Crippen LogP contribution in [0.3, 0.4) is 0 Å². The van der Waals surface area contributed by atoms with E-state index in [1.54, 1.807) is 24.3 Å². The number of halogens is 2. The first-order valence-corrected chi connectivity index (χ1v) is 9.19. The number of hydrogen-bond acceptors (Lipinski definition) is 4. The van der Waals surface area contributed by atoms with Gasteiger partial charge in [-0.05, 0) is 24.3 Å². The van der Waals surface area contributed by atoms with Gasteiger partial charge in [0.1, 0.15) is 0 Å². The molecule has 0 amide bonds. The van der Waals surface area contributed by atoms with Crippen molar-refractivity contribution in [3.05, 3.63) is 90.0 Å². The number of benzene rings is 3. The third kappa shape index (κ3) is 4.29. The number of ether oxygens (including phenoxy) is 1. The molecule has 3 aromatic rings. The van der Waals surface area contributed by atoms with Crippen LogP contribution in [0.25, 0.3) is 0 Å². The number of carbonyl (C=O) groups is 1. The zero-order valence-electron chi connectivity index (χ0n) is 13.7. The van der Waals surface area contributed by atoms with Gasteiger partial charge >= 0.3 is 5.97 Å². The van der Waals surface area contributed by atoms with E-state index in [9.17, 15) is 22.0 Å². The molecule has 0 heterocycles. The summed E-state index contributed by atoms with van der Waals surface area (Å²) < 4.78 is 59.7. The zero-order valence-corrected chi connectivity index (χ0v) is 14.5. The summed E-state index contributed by atoms with van der Waals surface area (Å²) in [6.07, 6.45) is 0. The number of carbonyl (C=O) groups excluding carboxylic acids is 1. The normalized spacial score (nSPS) is 11.0. The average molecular weight is 389 g/mol. The largest absolute Gasteiger partial charge is 0.417 e. The number of rotatable bonds is 5. The molecule has 27 heavy (non-hydrogen) atoms. The Morgan fingerprint density at radius 3 is 1.93 bits per heavy atom. The minimum absolute atomic E-state index is 0.0644. The van der Waals surface area contributed by atoms with Gasteiger partial charge in [0.05, 0.1) is 16.1 Å². The molecule has 0 aliphatic carbocycles. The Labute approximate surface area is 154 Å². The van der Waals surface area contributed by atoms with E-state index in [2.05, 4.69) is 4.72 Å². The highest BCUT2D eigenvalue weighted by Gasteiger charge is 2.20. The lowest BCUT2D eigenvalue weighted by Gasteiger charge is -2.11. The van der Waals surface area contributed by atoms with E-state index in [-0.39, 0.29) is 16.1 Å². The Hall–Kier alpha value is -3.26. The lowest BCUT2D eigenvalue weighted by molar-refractivity contribution is 0.0720. The SMILES string of the molecule is O=C(Oc1c(F)cc(NS(=O)(=O)c2ccccc2)cc1F)c1ccccc1. The molecule has 138 valence electrons. The van der Waals surface area contributed by atoms with Crippen molar-refractivity contribution >= 4 is 21.7 Å². The van der Waals surface area contributed by atoms with Gasteiger partial charge in [0.25, 0.3) is 10.0 Å². The van der Waals surface area contributed by atoms with E-state index in [1.807, 2.05) is 0 Å². The first kappa shape index (κ1) is 18.5. The lowest BCUT2D eigenvalue weighted by atomic mass is 10.2. The molecular weight excluding hydrogens is 376 g/mol. The van der Waals surface area contributed by atoms with Crippen LogP contribution in [0, 0.1) is 11.6 Å². The van der Waals surface area contributed by atoms with Gasteiger partial charge in [0.2, 0.25) is 5.75 Å². The van der Waals surface area contributed by atoms with E-state index < -0.39 is 33.4 Å². The molecule has 3 aromatic carbocycles. The van der Waals surface area contributed by atoms with Gasteiger partial charge in [-0.2, -0.15) is 0 Å². The van der Waals surface area contributed by atoms with Crippen molar-refractivity contribution in [3.63, 3.8) is 0 Å². The molecule has 0 unspecified atom stereocenters. The van der Waals surface area contributed by atoms with Gasteiger partial charge < -0.3 is 4.74 Å². The van der Waals surface area contributed by atoms with Crippen LogP contribution < -0.4 is 9.46 Å². The van der Waals surface area contributed by atoms with Gasteiger partial charge in [0, 0.05) is 12.1 Å². The van der Waals surface area contributed by atoms with Crippen LogP contribution in [-0.2, 0) is 10.0 Å². The Kier molecular flexibility index (Phi) is 5.18. The first-order valence-electron chi connectivity index (χ1n) is 7.71. The molecule has 0 bridgehead atoms. The maximum atomic E-state index is 14.2. The molecular formula is C19H13F2NO4S. The number of hydrogen-bond donors (Lipinski definition) is 1. The van der Waals surface area contributed by atoms with Crippen LogP contribution in [0.15, 0.2) is 77.7 Å². The highest BCUT2D eigenvalue weighted by molar-refractivity contribution is 7.92. The second-order valence-corrected chi connectivity index (χ2v) is 7.13. The number of sulfonamides is 1. The fraction of sp³-hybridized carbons (Fsp3) is 0. The molecule has 0 aliphatic heterocycles. The molecule has 0 spiro atoms. The number of nitrogens with one attached hydrogen (secondary N) is 1. The van der Waals surface area contributed by atoms with Crippen LogP contribution in [0.5, 0.6) is 5.75 Å². The fourth-order valence-electron chi connectivity index (χ4n) is 2.26. The van der Waals surface area contributed by atoms with Crippen molar-refractivity contribution in [2.75, 3.05) is 4.72 Å². The predicted octanol–water partition coefficient (Wildman–Crippen LogP) is 3.98. The van der Waals surface area contributed by atoms with E-state index in [0.717, 1.165) is 12.1 Å².